The molecule has 3 N–H and O–H groups in total. The van der Waals surface area contributed by atoms with Gasteiger partial charge in [0.1, 0.15) is 6.04 Å². The Bertz CT molecular complexity index is 407. The van der Waals surface area contributed by atoms with E-state index in [-0.39, 0.29) is 17.2 Å². The normalized spacial score (nSPS) is 27.7. The van der Waals surface area contributed by atoms with Crippen molar-refractivity contribution in [1.82, 2.24) is 10.2 Å². The first-order valence-corrected chi connectivity index (χ1v) is 8.72. The molecule has 0 aromatic carbocycles. The van der Waals surface area contributed by atoms with Gasteiger partial charge in [0.25, 0.3) is 0 Å². The van der Waals surface area contributed by atoms with Crippen molar-refractivity contribution in [3.8, 4) is 0 Å². The van der Waals surface area contributed by atoms with Crippen LogP contribution in [0.25, 0.3) is 0 Å². The summed E-state index contributed by atoms with van der Waals surface area (Å²) in [6.07, 6.45) is 7.57. The lowest BCUT2D eigenvalue weighted by Crippen LogP contribution is -2.47. The molecule has 0 aromatic rings. The zero-order chi connectivity index (χ0) is 16.2. The minimum atomic E-state index is -0.434. The molecule has 2 unspecified atom stereocenters. The van der Waals surface area contributed by atoms with Gasteiger partial charge < -0.3 is 16.0 Å². The maximum atomic E-state index is 12.4. The highest BCUT2D eigenvalue weighted by atomic mass is 16.2. The van der Waals surface area contributed by atoms with Gasteiger partial charge >= 0.3 is 0 Å². The third kappa shape index (κ3) is 4.45. The highest BCUT2D eigenvalue weighted by Crippen LogP contribution is 2.29. The van der Waals surface area contributed by atoms with Crippen molar-refractivity contribution in [3.63, 3.8) is 0 Å². The summed E-state index contributed by atoms with van der Waals surface area (Å²) in [5.74, 6) is 0.547. The number of rotatable bonds is 5. The van der Waals surface area contributed by atoms with Gasteiger partial charge in [0.05, 0.1) is 0 Å². The average molecular weight is 309 g/mol. The number of nitrogens with one attached hydrogen (secondary N) is 1. The topological polar surface area (TPSA) is 75.4 Å². The second-order valence-electron chi connectivity index (χ2n) is 7.52. The summed E-state index contributed by atoms with van der Waals surface area (Å²) >= 11 is 0. The van der Waals surface area contributed by atoms with Crippen molar-refractivity contribution in [1.29, 1.82) is 0 Å². The first-order valence-electron chi connectivity index (χ1n) is 8.72. The van der Waals surface area contributed by atoms with E-state index in [0.717, 1.165) is 25.8 Å². The van der Waals surface area contributed by atoms with Crippen LogP contribution in [0, 0.1) is 11.3 Å². The SMILES string of the molecule is CC(NC(=O)CC1CCCCC1)C(=O)N1CCC(C)(CN)C1. The Morgan fingerprint density at radius 2 is 2.00 bits per heavy atom. The van der Waals surface area contributed by atoms with Gasteiger partial charge in [-0.05, 0) is 44.1 Å². The zero-order valence-electron chi connectivity index (χ0n) is 14.1. The zero-order valence-corrected chi connectivity index (χ0v) is 14.1. The lowest BCUT2D eigenvalue weighted by Gasteiger charge is -2.26. The van der Waals surface area contributed by atoms with Crippen molar-refractivity contribution in [2.75, 3.05) is 19.6 Å². The summed E-state index contributed by atoms with van der Waals surface area (Å²) in [4.78, 5) is 26.4. The Hall–Kier alpha value is -1.10. The summed E-state index contributed by atoms with van der Waals surface area (Å²) in [7, 11) is 0. The van der Waals surface area contributed by atoms with Gasteiger partial charge in [-0.15, -0.1) is 0 Å². The molecule has 0 bridgehead atoms. The van der Waals surface area contributed by atoms with E-state index in [1.165, 1.54) is 19.3 Å². The van der Waals surface area contributed by atoms with Gasteiger partial charge in [-0.2, -0.15) is 0 Å². The van der Waals surface area contributed by atoms with E-state index in [2.05, 4.69) is 12.2 Å². The molecule has 2 rings (SSSR count). The molecule has 2 aliphatic rings. The number of carbonyl (C=O) groups excluding carboxylic acids is 2. The molecule has 2 amide bonds. The van der Waals surface area contributed by atoms with Gasteiger partial charge in [0.15, 0.2) is 0 Å². The minimum Gasteiger partial charge on any atom is -0.345 e. The van der Waals surface area contributed by atoms with E-state index < -0.39 is 6.04 Å². The first kappa shape index (κ1) is 17.3. The van der Waals surface area contributed by atoms with Crippen molar-refractivity contribution >= 4 is 11.8 Å². The van der Waals surface area contributed by atoms with Crippen LogP contribution in [-0.4, -0.2) is 42.4 Å². The molecule has 126 valence electrons. The van der Waals surface area contributed by atoms with Crippen LogP contribution in [0.2, 0.25) is 0 Å². The maximum absolute atomic E-state index is 12.4. The van der Waals surface area contributed by atoms with Gasteiger partial charge in [-0.1, -0.05) is 26.2 Å². The fraction of sp³-hybridized carbons (Fsp3) is 0.882. The fourth-order valence-electron chi connectivity index (χ4n) is 3.67. The average Bonchev–Trinajstić information content (AvgIpc) is 2.90. The van der Waals surface area contributed by atoms with Crippen molar-refractivity contribution in [2.45, 2.75) is 64.8 Å². The van der Waals surface area contributed by atoms with Crippen LogP contribution in [0.1, 0.15) is 58.8 Å². The third-order valence-electron chi connectivity index (χ3n) is 5.31. The van der Waals surface area contributed by atoms with Crippen LogP contribution in [0.5, 0.6) is 0 Å². The molecule has 1 aliphatic heterocycles. The monoisotopic (exact) mass is 309 g/mol. The highest BCUT2D eigenvalue weighted by molar-refractivity contribution is 5.87. The smallest absolute Gasteiger partial charge is 0.244 e. The van der Waals surface area contributed by atoms with Crippen LogP contribution < -0.4 is 11.1 Å². The Balaban J connectivity index is 1.77. The Kier molecular flexibility index (Phi) is 5.84. The molecule has 22 heavy (non-hydrogen) atoms. The number of hydrogen-bond acceptors (Lipinski definition) is 3. The van der Waals surface area contributed by atoms with E-state index in [4.69, 9.17) is 5.73 Å². The molecule has 0 radical (unpaired) electrons. The summed E-state index contributed by atoms with van der Waals surface area (Å²) in [5.41, 5.74) is 5.81. The van der Waals surface area contributed by atoms with Gasteiger partial charge in [-0.3, -0.25) is 9.59 Å². The van der Waals surface area contributed by atoms with Crippen molar-refractivity contribution < 1.29 is 9.59 Å². The number of nitrogens with zero attached hydrogens (tertiary/aromatic N) is 1. The Morgan fingerprint density at radius 3 is 2.59 bits per heavy atom. The largest absolute Gasteiger partial charge is 0.345 e. The van der Waals surface area contributed by atoms with Gasteiger partial charge in [0.2, 0.25) is 11.8 Å². The lowest BCUT2D eigenvalue weighted by molar-refractivity contribution is -0.135. The van der Waals surface area contributed by atoms with Crippen molar-refractivity contribution in [3.05, 3.63) is 0 Å². The number of hydrogen-bond donors (Lipinski definition) is 2. The standard InChI is InChI=1S/C17H31N3O2/c1-13(16(22)20-9-8-17(2,11-18)12-20)19-15(21)10-14-6-4-3-5-7-14/h13-14H,3-12,18H2,1-2H3,(H,19,21). The van der Waals surface area contributed by atoms with Crippen molar-refractivity contribution in [2.24, 2.45) is 17.1 Å². The van der Waals surface area contributed by atoms with E-state index in [1.54, 1.807) is 6.92 Å². The Morgan fingerprint density at radius 1 is 1.32 bits per heavy atom. The molecule has 1 heterocycles. The van der Waals surface area contributed by atoms with Crippen LogP contribution in [0.15, 0.2) is 0 Å². The quantitative estimate of drug-likeness (QED) is 0.811. The van der Waals surface area contributed by atoms with Crippen LogP contribution in [0.3, 0.4) is 0 Å². The van der Waals surface area contributed by atoms with Gasteiger partial charge in [-0.25, -0.2) is 0 Å². The molecular weight excluding hydrogens is 278 g/mol. The van der Waals surface area contributed by atoms with E-state index in [1.807, 2.05) is 4.90 Å². The maximum Gasteiger partial charge on any atom is 0.244 e. The molecular formula is C17H31N3O2. The van der Waals surface area contributed by atoms with E-state index in [9.17, 15) is 9.59 Å². The molecule has 1 saturated heterocycles. The van der Waals surface area contributed by atoms with Gasteiger partial charge in [0, 0.05) is 19.5 Å². The van der Waals surface area contributed by atoms with E-state index >= 15 is 0 Å². The number of carbonyl (C=O) groups is 2. The van der Waals surface area contributed by atoms with E-state index in [0.29, 0.717) is 25.4 Å². The molecule has 0 aromatic heterocycles. The molecule has 5 nitrogen and oxygen atoms in total. The second kappa shape index (κ2) is 7.44. The second-order valence-corrected chi connectivity index (χ2v) is 7.52. The molecule has 2 fully saturated rings. The summed E-state index contributed by atoms with van der Waals surface area (Å²) in [6.45, 7) is 5.95. The lowest BCUT2D eigenvalue weighted by atomic mass is 9.87. The Labute approximate surface area is 134 Å². The molecule has 1 saturated carbocycles. The summed E-state index contributed by atoms with van der Waals surface area (Å²) in [6, 6.07) is -0.434. The number of nitrogens with two attached hydrogens (primary N) is 1. The fourth-order valence-corrected chi connectivity index (χ4v) is 3.67. The number of amides is 2. The number of likely N-dealkylation sites (tertiary alicyclic amines) is 1. The van der Waals surface area contributed by atoms with Crippen LogP contribution in [0.4, 0.5) is 0 Å². The molecule has 5 heteroatoms. The van der Waals surface area contributed by atoms with Crippen LogP contribution >= 0.6 is 0 Å². The third-order valence-corrected chi connectivity index (χ3v) is 5.31. The predicted molar refractivity (Wildman–Crippen MR) is 87.2 cm³/mol. The highest BCUT2D eigenvalue weighted by Gasteiger charge is 2.36. The van der Waals surface area contributed by atoms with Crippen LogP contribution in [-0.2, 0) is 9.59 Å². The summed E-state index contributed by atoms with van der Waals surface area (Å²) in [5, 5.41) is 2.89. The first-order chi connectivity index (χ1) is 10.4. The molecule has 0 spiro atoms. The predicted octanol–water partition coefficient (Wildman–Crippen LogP) is 1.66. The summed E-state index contributed by atoms with van der Waals surface area (Å²) < 4.78 is 0. The molecule has 2 atom stereocenters. The molecule has 1 aliphatic carbocycles. The minimum absolute atomic E-state index is 0.0218.